The summed E-state index contributed by atoms with van der Waals surface area (Å²) in [7, 11) is 0. The molecule has 0 amide bonds. The van der Waals surface area contributed by atoms with Gasteiger partial charge in [0.05, 0.1) is 6.42 Å². The van der Waals surface area contributed by atoms with Gasteiger partial charge in [0.25, 0.3) is 0 Å². The Morgan fingerprint density at radius 3 is 1.38 bits per heavy atom. The van der Waals surface area contributed by atoms with E-state index in [1.54, 1.807) is 0 Å². The first kappa shape index (κ1) is 10.9. The van der Waals surface area contributed by atoms with Crippen molar-refractivity contribution in [2.75, 3.05) is 0 Å². The van der Waals surface area contributed by atoms with Crippen LogP contribution in [0.2, 0.25) is 0 Å². The summed E-state index contributed by atoms with van der Waals surface area (Å²) in [5, 5.41) is 0. The summed E-state index contributed by atoms with van der Waals surface area (Å²) in [5.41, 5.74) is 0. The van der Waals surface area contributed by atoms with Gasteiger partial charge in [0.15, 0.2) is 0 Å². The molecule has 0 heterocycles. The molecule has 0 atom stereocenters. The Hall–Kier alpha value is -0.0366. The number of carbonyl (C=O) groups is 2. The van der Waals surface area contributed by atoms with Crippen molar-refractivity contribution in [1.82, 2.24) is 0 Å². The Kier molecular flexibility index (Phi) is 6.93. The van der Waals surface area contributed by atoms with Crippen molar-refractivity contribution in [1.29, 1.82) is 0 Å². The van der Waals surface area contributed by atoms with Crippen LogP contribution in [0.5, 0.6) is 0 Å². The van der Waals surface area contributed by atoms with E-state index >= 15 is 0 Å². The van der Waals surface area contributed by atoms with Crippen LogP contribution in [0.1, 0.15) is 20.3 Å². The van der Waals surface area contributed by atoms with Crippen LogP contribution in [0.25, 0.3) is 0 Å². The zero-order valence-corrected chi connectivity index (χ0v) is 6.50. The average molecular weight is 203 g/mol. The second-order valence-corrected chi connectivity index (χ2v) is 1.58. The number of hydrogen-bond acceptors (Lipinski definition) is 2. The van der Waals surface area contributed by atoms with E-state index in [4.69, 9.17) is 0 Å². The Bertz CT molecular complexity index is 86.6. The summed E-state index contributed by atoms with van der Waals surface area (Å²) < 4.78 is 0. The van der Waals surface area contributed by atoms with E-state index in [2.05, 4.69) is 0 Å². The van der Waals surface area contributed by atoms with Gasteiger partial charge in [-0.2, -0.15) is 0 Å². The first-order valence-electron chi connectivity index (χ1n) is 2.12. The van der Waals surface area contributed by atoms with Crippen molar-refractivity contribution in [3.05, 3.63) is 0 Å². The molecule has 0 N–H and O–H groups in total. The monoisotopic (exact) mass is 203 g/mol. The van der Waals surface area contributed by atoms with Gasteiger partial charge < -0.3 is 0 Å². The van der Waals surface area contributed by atoms with Crippen molar-refractivity contribution >= 4 is 11.6 Å². The molecule has 8 heavy (non-hydrogen) atoms. The predicted molar refractivity (Wildman–Crippen MR) is 26.0 cm³/mol. The van der Waals surface area contributed by atoms with E-state index in [9.17, 15) is 9.59 Å². The first-order valence-corrected chi connectivity index (χ1v) is 2.12. The molecular weight excluding hydrogens is 195 g/mol. The fourth-order valence-corrected chi connectivity index (χ4v) is 0.351. The number of rotatable bonds is 2. The molecular formula is C5H8O2Rh+2. The molecule has 47 valence electrons. The van der Waals surface area contributed by atoms with Crippen molar-refractivity contribution in [3.8, 4) is 0 Å². The maximum absolute atomic E-state index is 10.0. The summed E-state index contributed by atoms with van der Waals surface area (Å²) in [6.45, 7) is 2.81. The van der Waals surface area contributed by atoms with E-state index in [0.29, 0.717) is 0 Å². The molecule has 1 radical (unpaired) electrons. The van der Waals surface area contributed by atoms with Gasteiger partial charge in [-0.1, -0.05) is 0 Å². The summed E-state index contributed by atoms with van der Waals surface area (Å²) in [4.78, 5) is 20.1. The number of carbonyl (C=O) groups excluding carboxylic acids is 2. The average Bonchev–Trinajstić information content (AvgIpc) is 1.27. The molecule has 0 bridgehead atoms. The second kappa shape index (κ2) is 5.11. The van der Waals surface area contributed by atoms with Crippen LogP contribution in [0, 0.1) is 0 Å². The molecule has 0 saturated carbocycles. The van der Waals surface area contributed by atoms with Crippen LogP contribution in [0.4, 0.5) is 0 Å². The third kappa shape index (κ3) is 9.35. The Labute approximate surface area is 61.4 Å². The van der Waals surface area contributed by atoms with E-state index in [-0.39, 0.29) is 37.5 Å². The van der Waals surface area contributed by atoms with E-state index in [1.165, 1.54) is 13.8 Å². The van der Waals surface area contributed by atoms with Gasteiger partial charge in [-0.05, 0) is 13.8 Å². The Morgan fingerprint density at radius 1 is 1.12 bits per heavy atom. The van der Waals surface area contributed by atoms with Gasteiger partial charge in [0.1, 0.15) is 11.6 Å². The molecule has 0 aromatic carbocycles. The van der Waals surface area contributed by atoms with Crippen LogP contribution in [0.3, 0.4) is 0 Å². The van der Waals surface area contributed by atoms with Crippen molar-refractivity contribution in [2.45, 2.75) is 20.3 Å². The maximum atomic E-state index is 10.0. The van der Waals surface area contributed by atoms with Gasteiger partial charge in [0.2, 0.25) is 0 Å². The molecule has 0 spiro atoms. The van der Waals surface area contributed by atoms with Crippen LogP contribution in [-0.2, 0) is 29.1 Å². The Balaban J connectivity index is 0. The molecule has 0 aliphatic carbocycles. The molecule has 0 fully saturated rings. The number of hydrogen-bond donors (Lipinski definition) is 0. The standard InChI is InChI=1S/C5H8O2.Rh/c1-4(6)3-5(2)7;/h3H2,1-2H3;/q;+2. The minimum absolute atomic E-state index is 0. The fraction of sp³-hybridized carbons (Fsp3) is 0.600. The van der Waals surface area contributed by atoms with Gasteiger partial charge in [-0.15, -0.1) is 0 Å². The largest absolute Gasteiger partial charge is 2.00 e. The van der Waals surface area contributed by atoms with E-state index in [1.807, 2.05) is 0 Å². The van der Waals surface area contributed by atoms with Crippen molar-refractivity contribution in [2.24, 2.45) is 0 Å². The minimum atomic E-state index is -0.0625. The van der Waals surface area contributed by atoms with Crippen molar-refractivity contribution < 1.29 is 29.1 Å². The molecule has 0 rings (SSSR count). The van der Waals surface area contributed by atoms with Gasteiger partial charge >= 0.3 is 19.5 Å². The summed E-state index contributed by atoms with van der Waals surface area (Å²) in [6, 6.07) is 0. The molecule has 0 aliphatic heterocycles. The fourth-order valence-electron chi connectivity index (χ4n) is 0.351. The summed E-state index contributed by atoms with van der Waals surface area (Å²) in [5.74, 6) is -0.125. The van der Waals surface area contributed by atoms with Crippen molar-refractivity contribution in [3.63, 3.8) is 0 Å². The van der Waals surface area contributed by atoms with Crippen LogP contribution < -0.4 is 0 Å². The Morgan fingerprint density at radius 2 is 1.38 bits per heavy atom. The van der Waals surface area contributed by atoms with E-state index < -0.39 is 0 Å². The van der Waals surface area contributed by atoms with Crippen LogP contribution in [0.15, 0.2) is 0 Å². The third-order valence-corrected chi connectivity index (χ3v) is 0.498. The van der Waals surface area contributed by atoms with Gasteiger partial charge in [-0.3, -0.25) is 9.59 Å². The van der Waals surface area contributed by atoms with Crippen LogP contribution in [-0.4, -0.2) is 11.6 Å². The second-order valence-electron chi connectivity index (χ2n) is 1.58. The zero-order chi connectivity index (χ0) is 5.86. The molecule has 0 aliphatic rings. The SMILES string of the molecule is CC(=O)CC(C)=O.[Rh+2]. The van der Waals surface area contributed by atoms with Gasteiger partial charge in [-0.25, -0.2) is 0 Å². The van der Waals surface area contributed by atoms with Crippen LogP contribution >= 0.6 is 0 Å². The summed E-state index contributed by atoms with van der Waals surface area (Å²) in [6.07, 6.45) is 0.0833. The quantitative estimate of drug-likeness (QED) is 0.485. The smallest absolute Gasteiger partial charge is 0.300 e. The topological polar surface area (TPSA) is 34.1 Å². The summed E-state index contributed by atoms with van der Waals surface area (Å²) >= 11 is 0. The number of ketones is 2. The minimum Gasteiger partial charge on any atom is -0.300 e. The molecule has 2 nitrogen and oxygen atoms in total. The first-order chi connectivity index (χ1) is 3.13. The molecule has 0 aromatic rings. The molecule has 0 aromatic heterocycles. The van der Waals surface area contributed by atoms with E-state index in [0.717, 1.165) is 0 Å². The number of Topliss-reactive ketones (excluding diaryl/α,β-unsaturated/α-hetero) is 2. The molecule has 0 saturated heterocycles. The maximum Gasteiger partial charge on any atom is 2.00 e. The zero-order valence-electron chi connectivity index (χ0n) is 4.86. The molecule has 3 heteroatoms. The predicted octanol–water partition coefficient (Wildman–Crippen LogP) is 0.552. The molecule has 0 unspecified atom stereocenters. The third-order valence-electron chi connectivity index (χ3n) is 0.498. The van der Waals surface area contributed by atoms with Gasteiger partial charge in [0, 0.05) is 0 Å². The normalized spacial score (nSPS) is 7.25.